The number of nitrogens with one attached hydrogen (secondary N) is 2. The Kier molecular flexibility index (Phi) is 11.6. The number of benzene rings is 3. The number of ether oxygens (including phenoxy) is 3. The fourth-order valence-corrected chi connectivity index (χ4v) is 5.50. The van der Waals surface area contributed by atoms with Crippen LogP contribution in [0.4, 0.5) is 4.79 Å². The van der Waals surface area contributed by atoms with Gasteiger partial charge in [0.15, 0.2) is 6.10 Å². The van der Waals surface area contributed by atoms with Gasteiger partial charge in [-0.05, 0) is 43.3 Å². The maximum atomic E-state index is 13.1. The summed E-state index contributed by atoms with van der Waals surface area (Å²) in [5.74, 6) is -1.36. The quantitative estimate of drug-likeness (QED) is 0.208. The molecule has 228 valence electrons. The Bertz CT molecular complexity index is 1380. The van der Waals surface area contributed by atoms with Crippen LogP contribution in [0.25, 0.3) is 0 Å². The van der Waals surface area contributed by atoms with Crippen LogP contribution in [0.2, 0.25) is 0 Å². The normalized spacial score (nSPS) is 21.8. The van der Waals surface area contributed by atoms with Crippen LogP contribution in [0.5, 0.6) is 0 Å². The van der Waals surface area contributed by atoms with Crippen molar-refractivity contribution in [3.05, 3.63) is 102 Å². The van der Waals surface area contributed by atoms with Gasteiger partial charge in [-0.2, -0.15) is 0 Å². The molecule has 3 aromatic carbocycles. The number of amides is 2. The summed E-state index contributed by atoms with van der Waals surface area (Å²) in [7, 11) is 0. The van der Waals surface area contributed by atoms with Gasteiger partial charge in [0.05, 0.1) is 23.7 Å². The Morgan fingerprint density at radius 3 is 2.07 bits per heavy atom. The van der Waals surface area contributed by atoms with Gasteiger partial charge in [-0.15, -0.1) is 0 Å². The molecular weight excluding hydrogens is 639 g/mol. The van der Waals surface area contributed by atoms with Gasteiger partial charge < -0.3 is 30.0 Å². The number of esters is 2. The van der Waals surface area contributed by atoms with E-state index in [2.05, 4.69) is 10.6 Å². The van der Waals surface area contributed by atoms with E-state index in [-0.39, 0.29) is 18.7 Å². The van der Waals surface area contributed by atoms with E-state index in [4.69, 9.17) is 49.0 Å². The number of aliphatic hydroxyl groups excluding tert-OH is 1. The number of alkyl halides is 3. The van der Waals surface area contributed by atoms with E-state index < -0.39 is 51.6 Å². The molecule has 1 fully saturated rings. The number of rotatable bonds is 9. The summed E-state index contributed by atoms with van der Waals surface area (Å²) in [6.07, 6.45) is -3.94. The molecule has 4 rings (SSSR count). The third kappa shape index (κ3) is 9.76. The van der Waals surface area contributed by atoms with E-state index >= 15 is 0 Å². The van der Waals surface area contributed by atoms with Crippen molar-refractivity contribution in [3.8, 4) is 0 Å². The highest BCUT2D eigenvalue weighted by atomic mass is 35.6. The number of thioether (sulfide) groups is 1. The van der Waals surface area contributed by atoms with Gasteiger partial charge in [0, 0.05) is 4.90 Å². The Labute approximate surface area is 268 Å². The summed E-state index contributed by atoms with van der Waals surface area (Å²) in [5, 5.41) is 16.7. The van der Waals surface area contributed by atoms with Gasteiger partial charge in [-0.1, -0.05) is 101 Å². The predicted molar refractivity (Wildman–Crippen MR) is 165 cm³/mol. The number of carbonyl (C=O) groups excluding carboxylic acids is 3. The largest absolute Gasteiger partial charge is 0.459 e. The van der Waals surface area contributed by atoms with Gasteiger partial charge in [-0.25, -0.2) is 14.4 Å². The first-order valence-electron chi connectivity index (χ1n) is 13.2. The Balaban J connectivity index is 1.61. The van der Waals surface area contributed by atoms with Crippen LogP contribution >= 0.6 is 46.6 Å². The first-order chi connectivity index (χ1) is 20.5. The molecule has 0 aliphatic carbocycles. The predicted octanol–water partition coefficient (Wildman–Crippen LogP) is 5.29. The highest BCUT2D eigenvalue weighted by Crippen LogP contribution is 2.35. The number of hydrogen-bond donors (Lipinski definition) is 3. The molecule has 13 heteroatoms. The summed E-state index contributed by atoms with van der Waals surface area (Å²) < 4.78 is 15.8. The highest BCUT2D eigenvalue weighted by Gasteiger charge is 2.49. The molecule has 0 spiro atoms. The zero-order valence-electron chi connectivity index (χ0n) is 22.8. The average molecular weight is 668 g/mol. The Hall–Kier alpha value is -2.99. The lowest BCUT2D eigenvalue weighted by molar-refractivity contribution is -0.172. The highest BCUT2D eigenvalue weighted by molar-refractivity contribution is 7.99. The van der Waals surface area contributed by atoms with E-state index in [0.29, 0.717) is 5.56 Å². The molecule has 3 aromatic rings. The molecule has 1 aliphatic heterocycles. The van der Waals surface area contributed by atoms with Crippen molar-refractivity contribution in [1.82, 2.24) is 10.6 Å². The molecule has 5 atom stereocenters. The zero-order valence-corrected chi connectivity index (χ0v) is 25.9. The van der Waals surface area contributed by atoms with E-state index in [1.165, 1.54) is 11.8 Å². The number of hydrogen-bond acceptors (Lipinski definition) is 8. The number of carbonyl (C=O) groups is 3. The molecule has 2 amide bonds. The summed E-state index contributed by atoms with van der Waals surface area (Å²) in [5.41, 5.74) is 0.667. The summed E-state index contributed by atoms with van der Waals surface area (Å²) in [6.45, 7) is 1.28. The van der Waals surface area contributed by atoms with Crippen molar-refractivity contribution in [2.45, 2.75) is 45.4 Å². The number of urea groups is 1. The zero-order chi connectivity index (χ0) is 31.0. The van der Waals surface area contributed by atoms with Gasteiger partial charge in [-0.3, -0.25) is 0 Å². The third-order valence-corrected chi connectivity index (χ3v) is 7.92. The van der Waals surface area contributed by atoms with Gasteiger partial charge >= 0.3 is 18.0 Å². The molecule has 1 saturated heterocycles. The van der Waals surface area contributed by atoms with Gasteiger partial charge in [0.25, 0.3) is 0 Å². The lowest BCUT2D eigenvalue weighted by Gasteiger charge is -2.44. The van der Waals surface area contributed by atoms with Crippen LogP contribution < -0.4 is 10.6 Å². The molecule has 0 unspecified atom stereocenters. The molecule has 0 aromatic heterocycles. The van der Waals surface area contributed by atoms with E-state index in [9.17, 15) is 19.5 Å². The minimum Gasteiger partial charge on any atom is -0.459 e. The van der Waals surface area contributed by atoms with Crippen LogP contribution in [0.3, 0.4) is 0 Å². The van der Waals surface area contributed by atoms with Crippen molar-refractivity contribution in [2.24, 2.45) is 0 Å². The maximum Gasteiger partial charge on any atom is 0.338 e. The first kappa shape index (κ1) is 32.9. The van der Waals surface area contributed by atoms with Crippen LogP contribution in [-0.2, 0) is 14.2 Å². The van der Waals surface area contributed by atoms with E-state index in [1.807, 2.05) is 31.2 Å². The lowest BCUT2D eigenvalue weighted by atomic mass is 9.97. The molecule has 0 saturated carbocycles. The molecule has 43 heavy (non-hydrogen) atoms. The van der Waals surface area contributed by atoms with Crippen LogP contribution in [-0.4, -0.2) is 69.8 Å². The Morgan fingerprint density at radius 1 is 0.907 bits per heavy atom. The minimum atomic E-state index is -1.75. The van der Waals surface area contributed by atoms with Crippen molar-refractivity contribution in [3.63, 3.8) is 0 Å². The fraction of sp³-hybridized carbons (Fsp3) is 0.300. The van der Waals surface area contributed by atoms with Crippen LogP contribution in [0.1, 0.15) is 26.3 Å². The van der Waals surface area contributed by atoms with Crippen molar-refractivity contribution in [2.75, 3.05) is 13.2 Å². The van der Waals surface area contributed by atoms with Crippen LogP contribution in [0.15, 0.2) is 89.8 Å². The fourth-order valence-electron chi connectivity index (χ4n) is 4.17. The van der Waals surface area contributed by atoms with Crippen molar-refractivity contribution in [1.29, 1.82) is 0 Å². The molecule has 9 nitrogen and oxygen atoms in total. The molecular formula is C30H29Cl3N2O7S. The topological polar surface area (TPSA) is 123 Å². The van der Waals surface area contributed by atoms with Gasteiger partial charge in [0.1, 0.15) is 24.3 Å². The number of aliphatic hydroxyl groups is 1. The average Bonchev–Trinajstić information content (AvgIpc) is 2.99. The summed E-state index contributed by atoms with van der Waals surface area (Å²) >= 11 is 18.5. The standard InChI is InChI=1S/C30H29Cl3N2O7S/c1-18-12-14-21(15-13-18)43-28-23(35-29(39)34-17-30(31,32)33)24(36)25(42-27(38)20-10-6-3-7-11-20)22(41-28)16-40-26(37)19-8-4-2-5-9-19/h2-15,22-25,28,36H,16-17H2,1H3,(H2,34,35,39)/t22-,23-,24-,25+,28+/m1/s1. The number of aryl methyl sites for hydroxylation is 1. The van der Waals surface area contributed by atoms with E-state index in [0.717, 1.165) is 10.5 Å². The smallest absolute Gasteiger partial charge is 0.338 e. The molecule has 1 heterocycles. The SMILES string of the molecule is Cc1ccc(S[C@@H]2O[C@H](COC(=O)c3ccccc3)[C@H](OC(=O)c3ccccc3)[C@H](O)[C@H]2NC(=O)NCC(Cl)(Cl)Cl)cc1. The second-order valence-electron chi connectivity index (χ2n) is 9.63. The molecule has 0 bridgehead atoms. The first-order valence-corrected chi connectivity index (χ1v) is 15.2. The summed E-state index contributed by atoms with van der Waals surface area (Å²) in [6, 6.07) is 22.2. The lowest BCUT2D eigenvalue weighted by Crippen LogP contribution is -2.65. The van der Waals surface area contributed by atoms with Crippen molar-refractivity contribution < 1.29 is 33.7 Å². The van der Waals surface area contributed by atoms with Crippen molar-refractivity contribution >= 4 is 64.5 Å². The minimum absolute atomic E-state index is 0.232. The second-order valence-corrected chi connectivity index (χ2v) is 13.3. The third-order valence-electron chi connectivity index (χ3n) is 6.33. The van der Waals surface area contributed by atoms with E-state index in [1.54, 1.807) is 60.7 Å². The second kappa shape index (κ2) is 15.1. The molecule has 0 radical (unpaired) electrons. The summed E-state index contributed by atoms with van der Waals surface area (Å²) in [4.78, 5) is 39.4. The van der Waals surface area contributed by atoms with Crippen LogP contribution in [0, 0.1) is 6.92 Å². The Morgan fingerprint density at radius 2 is 1.49 bits per heavy atom. The molecule has 3 N–H and O–H groups in total. The monoisotopic (exact) mass is 666 g/mol. The number of halogens is 3. The van der Waals surface area contributed by atoms with Gasteiger partial charge in [0.2, 0.25) is 3.79 Å². The maximum absolute atomic E-state index is 13.1. The molecule has 1 aliphatic rings.